The highest BCUT2D eigenvalue weighted by Crippen LogP contribution is 2.33. The predicted octanol–water partition coefficient (Wildman–Crippen LogP) is 4.88. The molecule has 1 N–H and O–H groups in total. The SMILES string of the molecule is O=C(O)c1ccc(-n2nnc(S(=O)(=O)c3cccc(Cl)c3)c2-c2ccc(Br)cc2)cc1. The van der Waals surface area contributed by atoms with E-state index < -0.39 is 15.8 Å². The maximum absolute atomic E-state index is 13.4. The number of halogens is 2. The van der Waals surface area contributed by atoms with Crippen LogP contribution in [0, 0.1) is 0 Å². The van der Waals surface area contributed by atoms with Gasteiger partial charge in [-0.1, -0.05) is 50.9 Å². The van der Waals surface area contributed by atoms with Gasteiger partial charge in [0.15, 0.2) is 0 Å². The van der Waals surface area contributed by atoms with Crippen LogP contribution in [0.3, 0.4) is 0 Å². The van der Waals surface area contributed by atoms with Gasteiger partial charge in [0.2, 0.25) is 14.9 Å². The Labute approximate surface area is 191 Å². The molecule has 0 spiro atoms. The largest absolute Gasteiger partial charge is 0.478 e. The standard InChI is InChI=1S/C21H13BrClN3O4S/c22-15-8-4-13(5-9-15)19-20(31(29,30)18-3-1-2-16(23)12-18)24-25-26(19)17-10-6-14(7-11-17)21(27)28/h1-12H,(H,27,28). The van der Waals surface area contributed by atoms with Crippen molar-refractivity contribution in [1.82, 2.24) is 15.0 Å². The Balaban J connectivity index is 1.95. The lowest BCUT2D eigenvalue weighted by atomic mass is 10.1. The molecule has 0 aliphatic carbocycles. The summed E-state index contributed by atoms with van der Waals surface area (Å²) in [4.78, 5) is 11.2. The average Bonchev–Trinajstić information content (AvgIpc) is 3.20. The van der Waals surface area contributed by atoms with Crippen LogP contribution >= 0.6 is 27.5 Å². The number of sulfone groups is 1. The van der Waals surface area contributed by atoms with Gasteiger partial charge in [-0.15, -0.1) is 5.10 Å². The highest BCUT2D eigenvalue weighted by atomic mass is 79.9. The molecule has 0 aliphatic heterocycles. The lowest BCUT2D eigenvalue weighted by Crippen LogP contribution is -2.06. The molecule has 0 atom stereocenters. The number of carbonyl (C=O) groups is 1. The van der Waals surface area contributed by atoms with Gasteiger partial charge < -0.3 is 5.11 Å². The Bertz CT molecular complexity index is 1390. The first-order valence-electron chi connectivity index (χ1n) is 8.83. The zero-order valence-corrected chi connectivity index (χ0v) is 18.8. The number of nitrogens with zero attached hydrogens (tertiary/aromatic N) is 3. The van der Waals surface area contributed by atoms with E-state index in [9.17, 15) is 13.2 Å². The molecule has 0 unspecified atom stereocenters. The third-order valence-corrected chi connectivity index (χ3v) is 6.90. The monoisotopic (exact) mass is 517 g/mol. The van der Waals surface area contributed by atoms with Crippen LogP contribution in [0.15, 0.2) is 87.2 Å². The molecule has 7 nitrogen and oxygen atoms in total. The Morgan fingerprint density at radius 1 is 1.00 bits per heavy atom. The minimum Gasteiger partial charge on any atom is -0.478 e. The molecule has 3 aromatic carbocycles. The highest BCUT2D eigenvalue weighted by Gasteiger charge is 2.29. The van der Waals surface area contributed by atoms with Crippen LogP contribution in [0.4, 0.5) is 0 Å². The number of benzene rings is 3. The quantitative estimate of drug-likeness (QED) is 0.404. The third-order valence-electron chi connectivity index (χ3n) is 4.48. The van der Waals surface area contributed by atoms with E-state index in [1.807, 2.05) is 0 Å². The van der Waals surface area contributed by atoms with Crippen LogP contribution in [-0.4, -0.2) is 34.5 Å². The summed E-state index contributed by atoms with van der Waals surface area (Å²) in [5.41, 5.74) is 1.37. The van der Waals surface area contributed by atoms with Gasteiger partial charge in [-0.05, 0) is 54.6 Å². The Kier molecular flexibility index (Phi) is 5.65. The van der Waals surface area contributed by atoms with E-state index >= 15 is 0 Å². The van der Waals surface area contributed by atoms with Gasteiger partial charge in [0, 0.05) is 15.1 Å². The van der Waals surface area contributed by atoms with Gasteiger partial charge in [-0.3, -0.25) is 0 Å². The van der Waals surface area contributed by atoms with Crippen molar-refractivity contribution in [3.05, 3.63) is 87.9 Å². The van der Waals surface area contributed by atoms with E-state index in [0.29, 0.717) is 11.3 Å². The van der Waals surface area contributed by atoms with Crippen molar-refractivity contribution in [2.45, 2.75) is 9.92 Å². The fraction of sp³-hybridized carbons (Fsp3) is 0. The molecule has 0 aliphatic rings. The lowest BCUT2D eigenvalue weighted by Gasteiger charge is -2.10. The molecule has 0 saturated carbocycles. The van der Waals surface area contributed by atoms with Crippen LogP contribution < -0.4 is 0 Å². The minimum atomic E-state index is -4.04. The van der Waals surface area contributed by atoms with Crippen LogP contribution in [0.25, 0.3) is 16.9 Å². The first kappa shape index (κ1) is 21.2. The van der Waals surface area contributed by atoms with Crippen molar-refractivity contribution < 1.29 is 18.3 Å². The molecule has 156 valence electrons. The molecular formula is C21H13BrClN3O4S. The Morgan fingerprint density at radius 2 is 1.68 bits per heavy atom. The number of rotatable bonds is 5. The molecule has 0 saturated heterocycles. The second-order valence-corrected chi connectivity index (χ2v) is 9.69. The third kappa shape index (κ3) is 4.12. The normalized spacial score (nSPS) is 11.4. The number of aromatic nitrogens is 3. The molecular weight excluding hydrogens is 506 g/mol. The van der Waals surface area contributed by atoms with Crippen molar-refractivity contribution in [3.8, 4) is 16.9 Å². The van der Waals surface area contributed by atoms with Crippen molar-refractivity contribution in [3.63, 3.8) is 0 Å². The number of hydrogen-bond acceptors (Lipinski definition) is 5. The molecule has 0 amide bonds. The lowest BCUT2D eigenvalue weighted by molar-refractivity contribution is 0.0697. The van der Waals surface area contributed by atoms with E-state index in [-0.39, 0.29) is 26.2 Å². The van der Waals surface area contributed by atoms with Crippen molar-refractivity contribution in [2.24, 2.45) is 0 Å². The molecule has 0 fully saturated rings. The van der Waals surface area contributed by atoms with Gasteiger partial charge in [0.1, 0.15) is 5.69 Å². The fourth-order valence-electron chi connectivity index (χ4n) is 2.97. The second kappa shape index (κ2) is 8.26. The van der Waals surface area contributed by atoms with E-state index in [2.05, 4.69) is 26.2 Å². The highest BCUT2D eigenvalue weighted by molar-refractivity contribution is 9.10. The minimum absolute atomic E-state index is 0.00774. The number of carboxylic acids is 1. The Morgan fingerprint density at radius 3 is 2.29 bits per heavy atom. The van der Waals surface area contributed by atoms with Gasteiger partial charge in [0.05, 0.1) is 16.1 Å². The van der Waals surface area contributed by atoms with Gasteiger partial charge in [0.25, 0.3) is 0 Å². The van der Waals surface area contributed by atoms with Crippen LogP contribution in [0.5, 0.6) is 0 Å². The molecule has 10 heteroatoms. The van der Waals surface area contributed by atoms with Crippen LogP contribution in [0.1, 0.15) is 10.4 Å². The summed E-state index contributed by atoms with van der Waals surface area (Å²) in [6.45, 7) is 0. The maximum atomic E-state index is 13.4. The molecule has 0 bridgehead atoms. The average molecular weight is 519 g/mol. The summed E-state index contributed by atoms with van der Waals surface area (Å²) < 4.78 is 28.9. The van der Waals surface area contributed by atoms with E-state index in [1.54, 1.807) is 36.4 Å². The van der Waals surface area contributed by atoms with Crippen LogP contribution in [-0.2, 0) is 9.84 Å². The molecule has 4 rings (SSSR count). The van der Waals surface area contributed by atoms with Crippen LogP contribution in [0.2, 0.25) is 5.02 Å². The summed E-state index contributed by atoms with van der Waals surface area (Å²) in [5, 5.41) is 17.2. The molecule has 1 heterocycles. The second-order valence-electron chi connectivity index (χ2n) is 6.47. The number of hydrogen-bond donors (Lipinski definition) is 1. The maximum Gasteiger partial charge on any atom is 0.335 e. The Hall–Kier alpha value is -3.01. The summed E-state index contributed by atoms with van der Waals surface area (Å²) in [6, 6.07) is 18.8. The van der Waals surface area contributed by atoms with Crippen molar-refractivity contribution in [1.29, 1.82) is 0 Å². The topological polar surface area (TPSA) is 102 Å². The van der Waals surface area contributed by atoms with Crippen molar-refractivity contribution in [2.75, 3.05) is 0 Å². The van der Waals surface area contributed by atoms with Gasteiger partial charge in [-0.25, -0.2) is 17.9 Å². The zero-order valence-electron chi connectivity index (χ0n) is 15.6. The summed E-state index contributed by atoms with van der Waals surface area (Å²) in [5.74, 6) is -1.07. The smallest absolute Gasteiger partial charge is 0.335 e. The van der Waals surface area contributed by atoms with Gasteiger partial charge >= 0.3 is 5.97 Å². The summed E-state index contributed by atoms with van der Waals surface area (Å²) in [6.07, 6.45) is 0. The molecule has 1 aromatic heterocycles. The van der Waals surface area contributed by atoms with E-state index in [1.165, 1.54) is 41.1 Å². The van der Waals surface area contributed by atoms with Gasteiger partial charge in [-0.2, -0.15) is 0 Å². The molecule has 31 heavy (non-hydrogen) atoms. The zero-order chi connectivity index (χ0) is 22.2. The number of aromatic carboxylic acids is 1. The first-order chi connectivity index (χ1) is 14.8. The summed E-state index contributed by atoms with van der Waals surface area (Å²) >= 11 is 9.36. The predicted molar refractivity (Wildman–Crippen MR) is 118 cm³/mol. The van der Waals surface area contributed by atoms with Crippen molar-refractivity contribution >= 4 is 43.3 Å². The first-order valence-corrected chi connectivity index (χ1v) is 11.5. The fourth-order valence-corrected chi connectivity index (χ4v) is 4.86. The number of carboxylic acid groups (broad SMARTS) is 1. The summed E-state index contributed by atoms with van der Waals surface area (Å²) in [7, 11) is -4.04. The molecule has 4 aromatic rings. The molecule has 0 radical (unpaired) electrons. The van der Waals surface area contributed by atoms with E-state index in [0.717, 1.165) is 4.47 Å². The van der Waals surface area contributed by atoms with E-state index in [4.69, 9.17) is 16.7 Å².